The minimum atomic E-state index is -0.306. The summed E-state index contributed by atoms with van der Waals surface area (Å²) in [5.41, 5.74) is 5.72. The maximum atomic E-state index is 11.6. The van der Waals surface area contributed by atoms with Crippen LogP contribution in [0.4, 0.5) is 0 Å². The van der Waals surface area contributed by atoms with Crippen LogP contribution in [0.3, 0.4) is 0 Å². The first-order valence-electron chi connectivity index (χ1n) is 8.09. The second kappa shape index (κ2) is 6.48. The average Bonchev–Trinajstić information content (AvgIpc) is 2.90. The third kappa shape index (κ3) is 3.01. The molecule has 2 nitrogen and oxygen atoms in total. The number of benzene rings is 2. The Balaban J connectivity index is 1.97. The van der Waals surface area contributed by atoms with E-state index in [9.17, 15) is 4.79 Å². The zero-order chi connectivity index (χ0) is 17.3. The highest BCUT2D eigenvalue weighted by Crippen LogP contribution is 2.44. The van der Waals surface area contributed by atoms with Gasteiger partial charge < -0.3 is 4.74 Å². The maximum Gasteiger partial charge on any atom is 0.337 e. The van der Waals surface area contributed by atoms with Crippen molar-refractivity contribution in [1.82, 2.24) is 0 Å². The van der Waals surface area contributed by atoms with E-state index in [-0.39, 0.29) is 11.4 Å². The van der Waals surface area contributed by atoms with Gasteiger partial charge in [0.05, 0.1) is 12.7 Å². The van der Waals surface area contributed by atoms with Crippen LogP contribution in [0.1, 0.15) is 47.8 Å². The van der Waals surface area contributed by atoms with Gasteiger partial charge in [-0.25, -0.2) is 4.79 Å². The molecule has 0 atom stereocenters. The highest BCUT2D eigenvalue weighted by molar-refractivity contribution is 7.99. The van der Waals surface area contributed by atoms with Crippen LogP contribution >= 0.6 is 11.8 Å². The van der Waals surface area contributed by atoms with E-state index < -0.39 is 0 Å². The summed E-state index contributed by atoms with van der Waals surface area (Å²) < 4.78 is 4.77. The van der Waals surface area contributed by atoms with Crippen molar-refractivity contribution in [3.63, 3.8) is 0 Å². The molecule has 24 heavy (non-hydrogen) atoms. The Morgan fingerprint density at radius 2 is 1.71 bits per heavy atom. The first kappa shape index (κ1) is 16.8. The van der Waals surface area contributed by atoms with Crippen molar-refractivity contribution in [2.24, 2.45) is 0 Å². The summed E-state index contributed by atoms with van der Waals surface area (Å²) in [6, 6.07) is 14.3. The monoisotopic (exact) mass is 338 g/mol. The molecule has 0 amide bonds. The first-order chi connectivity index (χ1) is 11.5. The number of methoxy groups -OCH3 is 1. The third-order valence-electron chi connectivity index (χ3n) is 4.51. The standard InChI is InChI=1S/C21H22O2S/c1-5-17(14-6-8-15(9-7-14)20(22)23-4)16-10-11-19-18(12-16)21(2,3)13-24-19/h5-12H,13H2,1-4H3/b17-5+. The number of carbonyl (C=O) groups is 1. The molecule has 0 spiro atoms. The van der Waals surface area contributed by atoms with Gasteiger partial charge in [-0.15, -0.1) is 11.8 Å². The van der Waals surface area contributed by atoms with Crippen molar-refractivity contribution >= 4 is 23.3 Å². The smallest absolute Gasteiger partial charge is 0.337 e. The molecule has 0 aromatic heterocycles. The van der Waals surface area contributed by atoms with Crippen LogP contribution in [0, 0.1) is 0 Å². The minimum Gasteiger partial charge on any atom is -0.465 e. The Kier molecular flexibility index (Phi) is 4.55. The van der Waals surface area contributed by atoms with Crippen molar-refractivity contribution in [2.75, 3.05) is 12.9 Å². The Hall–Kier alpha value is -2.00. The molecule has 2 aromatic rings. The van der Waals surface area contributed by atoms with E-state index in [1.807, 2.05) is 36.0 Å². The van der Waals surface area contributed by atoms with Gasteiger partial charge in [0.15, 0.2) is 0 Å². The van der Waals surface area contributed by atoms with Gasteiger partial charge in [0, 0.05) is 16.1 Å². The van der Waals surface area contributed by atoms with Gasteiger partial charge in [0.2, 0.25) is 0 Å². The van der Waals surface area contributed by atoms with Gasteiger partial charge in [-0.3, -0.25) is 0 Å². The van der Waals surface area contributed by atoms with Gasteiger partial charge in [-0.05, 0) is 53.5 Å². The summed E-state index contributed by atoms with van der Waals surface area (Å²) in [4.78, 5) is 13.0. The number of fused-ring (bicyclic) bond motifs is 1. The fourth-order valence-corrected chi connectivity index (χ4v) is 4.42. The Labute approximate surface area is 147 Å². The normalized spacial score (nSPS) is 15.9. The topological polar surface area (TPSA) is 26.3 Å². The number of thioether (sulfide) groups is 1. The van der Waals surface area contributed by atoms with Crippen LogP contribution in [0.15, 0.2) is 53.4 Å². The van der Waals surface area contributed by atoms with Crippen LogP contribution in [0.25, 0.3) is 5.57 Å². The number of hydrogen-bond acceptors (Lipinski definition) is 3. The number of hydrogen-bond donors (Lipinski definition) is 0. The summed E-state index contributed by atoms with van der Waals surface area (Å²) in [6.07, 6.45) is 2.13. The van der Waals surface area contributed by atoms with E-state index in [1.54, 1.807) is 0 Å². The number of ether oxygens (including phenoxy) is 1. The molecule has 0 bridgehead atoms. The molecule has 124 valence electrons. The molecule has 1 heterocycles. The lowest BCUT2D eigenvalue weighted by Crippen LogP contribution is -2.15. The van der Waals surface area contributed by atoms with Crippen molar-refractivity contribution < 1.29 is 9.53 Å². The highest BCUT2D eigenvalue weighted by Gasteiger charge is 2.30. The molecule has 0 saturated heterocycles. The predicted octanol–water partition coefficient (Wildman–Crippen LogP) is 5.31. The molecule has 1 aliphatic heterocycles. The maximum absolute atomic E-state index is 11.6. The second-order valence-electron chi connectivity index (χ2n) is 6.65. The van der Waals surface area contributed by atoms with Gasteiger partial charge in [-0.2, -0.15) is 0 Å². The molecular formula is C21H22O2S. The molecule has 0 saturated carbocycles. The zero-order valence-corrected chi connectivity index (χ0v) is 15.4. The van der Waals surface area contributed by atoms with Crippen LogP contribution in [-0.4, -0.2) is 18.8 Å². The van der Waals surface area contributed by atoms with E-state index in [0.717, 1.165) is 11.3 Å². The Morgan fingerprint density at radius 3 is 2.33 bits per heavy atom. The summed E-state index contributed by atoms with van der Waals surface area (Å²) in [5, 5.41) is 0. The largest absolute Gasteiger partial charge is 0.465 e. The van der Waals surface area contributed by atoms with Gasteiger partial charge in [0.1, 0.15) is 0 Å². The van der Waals surface area contributed by atoms with Crippen molar-refractivity contribution in [3.8, 4) is 0 Å². The summed E-state index contributed by atoms with van der Waals surface area (Å²) in [5.74, 6) is 0.824. The van der Waals surface area contributed by atoms with Crippen molar-refractivity contribution in [2.45, 2.75) is 31.1 Å². The molecular weight excluding hydrogens is 316 g/mol. The molecule has 1 aliphatic rings. The SMILES string of the molecule is C/C=C(\c1ccc(C(=O)OC)cc1)c1ccc2c(c1)C(C)(C)CS2. The van der Waals surface area contributed by atoms with Gasteiger partial charge in [-0.1, -0.05) is 38.1 Å². The van der Waals surface area contributed by atoms with Crippen molar-refractivity contribution in [1.29, 1.82) is 0 Å². The van der Waals surface area contributed by atoms with E-state index in [0.29, 0.717) is 5.56 Å². The lowest BCUT2D eigenvalue weighted by molar-refractivity contribution is 0.0600. The summed E-state index contributed by atoms with van der Waals surface area (Å²) >= 11 is 1.94. The molecule has 0 aliphatic carbocycles. The number of carbonyl (C=O) groups excluding carboxylic acids is 1. The molecule has 3 rings (SSSR count). The summed E-state index contributed by atoms with van der Waals surface area (Å²) in [7, 11) is 1.40. The number of allylic oxidation sites excluding steroid dienone is 1. The predicted molar refractivity (Wildman–Crippen MR) is 101 cm³/mol. The lowest BCUT2D eigenvalue weighted by atomic mass is 9.84. The molecule has 2 aromatic carbocycles. The van der Waals surface area contributed by atoms with Crippen LogP contribution < -0.4 is 0 Å². The lowest BCUT2D eigenvalue weighted by Gasteiger charge is -2.19. The first-order valence-corrected chi connectivity index (χ1v) is 9.07. The quantitative estimate of drug-likeness (QED) is 0.710. The van der Waals surface area contributed by atoms with E-state index in [1.165, 1.54) is 28.7 Å². The molecule has 0 radical (unpaired) electrons. The van der Waals surface area contributed by atoms with Crippen molar-refractivity contribution in [3.05, 3.63) is 70.8 Å². The van der Waals surface area contributed by atoms with Crippen LogP contribution in [0.5, 0.6) is 0 Å². The fourth-order valence-electron chi connectivity index (χ4n) is 3.09. The zero-order valence-electron chi connectivity index (χ0n) is 14.6. The number of esters is 1. The highest BCUT2D eigenvalue weighted by atomic mass is 32.2. The minimum absolute atomic E-state index is 0.212. The third-order valence-corrected chi connectivity index (χ3v) is 6.05. The molecule has 3 heteroatoms. The molecule has 0 fully saturated rings. The van der Waals surface area contributed by atoms with Crippen LogP contribution in [-0.2, 0) is 10.2 Å². The van der Waals surface area contributed by atoms with E-state index in [4.69, 9.17) is 4.74 Å². The average molecular weight is 338 g/mol. The Morgan fingerprint density at radius 1 is 1.08 bits per heavy atom. The van der Waals surface area contributed by atoms with Crippen LogP contribution in [0.2, 0.25) is 0 Å². The number of rotatable bonds is 3. The van der Waals surface area contributed by atoms with Gasteiger partial charge in [0.25, 0.3) is 0 Å². The molecule has 0 N–H and O–H groups in total. The summed E-state index contributed by atoms with van der Waals surface area (Å²) in [6.45, 7) is 6.66. The van der Waals surface area contributed by atoms with E-state index >= 15 is 0 Å². The fraction of sp³-hybridized carbons (Fsp3) is 0.286. The van der Waals surface area contributed by atoms with E-state index in [2.05, 4.69) is 45.0 Å². The molecule has 0 unspecified atom stereocenters. The Bertz CT molecular complexity index is 801. The van der Waals surface area contributed by atoms with Gasteiger partial charge >= 0.3 is 5.97 Å². The second-order valence-corrected chi connectivity index (χ2v) is 7.67.